The highest BCUT2D eigenvalue weighted by Gasteiger charge is 2.24. The Morgan fingerprint density at radius 2 is 1.75 bits per heavy atom. The third kappa shape index (κ3) is 4.53. The largest absolute Gasteiger partial charge is 0.497 e. The van der Waals surface area contributed by atoms with Crippen LogP contribution in [0.1, 0.15) is 20.8 Å². The maximum Gasteiger partial charge on any atom is 0.354 e. The van der Waals surface area contributed by atoms with Crippen LogP contribution in [0.15, 0.2) is 30.6 Å². The van der Waals surface area contributed by atoms with Crippen LogP contribution in [0.5, 0.6) is 5.75 Å². The number of hydrogen-bond acceptors (Lipinski definition) is 8. The Hall–Kier alpha value is -2.94. The number of rotatable bonds is 6. The van der Waals surface area contributed by atoms with E-state index in [0.717, 1.165) is 0 Å². The molecule has 0 bridgehead atoms. The molecule has 1 heterocycles. The van der Waals surface area contributed by atoms with Crippen LogP contribution >= 0.6 is 0 Å². The number of nitro groups is 1. The van der Waals surface area contributed by atoms with Crippen LogP contribution < -0.4 is 20.9 Å². The summed E-state index contributed by atoms with van der Waals surface area (Å²) in [5.41, 5.74) is 5.84. The molecule has 9 heteroatoms. The molecule has 2 rings (SSSR count). The zero-order chi connectivity index (χ0) is 17.7. The Bertz CT molecular complexity index is 712. The molecule has 0 atom stereocenters. The number of nitrogens with one attached hydrogen (secondary N) is 3. The first kappa shape index (κ1) is 17.4. The Kier molecular flexibility index (Phi) is 5.14. The molecule has 0 saturated carbocycles. The van der Waals surface area contributed by atoms with Crippen LogP contribution in [-0.4, -0.2) is 27.5 Å². The van der Waals surface area contributed by atoms with Gasteiger partial charge >= 0.3 is 5.69 Å². The van der Waals surface area contributed by atoms with E-state index in [1.807, 2.05) is 20.8 Å². The molecule has 1 aromatic carbocycles. The minimum atomic E-state index is -0.529. The lowest BCUT2D eigenvalue weighted by molar-refractivity contribution is -0.383. The van der Waals surface area contributed by atoms with Gasteiger partial charge in [0.05, 0.1) is 12.0 Å². The lowest BCUT2D eigenvalue weighted by atomic mass is 10.1. The number of methoxy groups -OCH3 is 1. The first-order chi connectivity index (χ1) is 11.3. The van der Waals surface area contributed by atoms with Crippen molar-refractivity contribution in [2.45, 2.75) is 26.3 Å². The molecule has 0 unspecified atom stereocenters. The third-order valence-electron chi connectivity index (χ3n) is 2.91. The summed E-state index contributed by atoms with van der Waals surface area (Å²) in [5, 5.41) is 14.4. The van der Waals surface area contributed by atoms with Gasteiger partial charge in [-0.1, -0.05) is 0 Å². The van der Waals surface area contributed by atoms with Crippen molar-refractivity contribution < 1.29 is 9.66 Å². The van der Waals surface area contributed by atoms with Crippen molar-refractivity contribution >= 4 is 23.0 Å². The van der Waals surface area contributed by atoms with Gasteiger partial charge in [0.1, 0.15) is 12.1 Å². The van der Waals surface area contributed by atoms with Crippen molar-refractivity contribution in [3.8, 4) is 5.75 Å². The van der Waals surface area contributed by atoms with Gasteiger partial charge in [0.15, 0.2) is 0 Å². The Labute approximate surface area is 139 Å². The smallest absolute Gasteiger partial charge is 0.354 e. The highest BCUT2D eigenvalue weighted by molar-refractivity contribution is 5.73. The molecule has 0 saturated heterocycles. The van der Waals surface area contributed by atoms with E-state index >= 15 is 0 Å². The zero-order valence-electron chi connectivity index (χ0n) is 14.0. The number of hydrazine groups is 1. The molecule has 0 aliphatic carbocycles. The highest BCUT2D eigenvalue weighted by atomic mass is 16.6. The van der Waals surface area contributed by atoms with Gasteiger partial charge in [0.2, 0.25) is 11.6 Å². The SMILES string of the molecule is COc1ccc(Nc2ncnc(NNC(C)(C)C)c2[N+](=O)[O-])cc1. The summed E-state index contributed by atoms with van der Waals surface area (Å²) in [5.74, 6) is 0.869. The second kappa shape index (κ2) is 7.09. The molecule has 0 aliphatic rings. The van der Waals surface area contributed by atoms with E-state index in [9.17, 15) is 10.1 Å². The van der Waals surface area contributed by atoms with Crippen molar-refractivity contribution in [3.05, 3.63) is 40.7 Å². The predicted molar refractivity (Wildman–Crippen MR) is 91.5 cm³/mol. The molecule has 0 spiro atoms. The van der Waals surface area contributed by atoms with Crippen molar-refractivity contribution in [3.63, 3.8) is 0 Å². The van der Waals surface area contributed by atoms with Crippen LogP contribution in [0, 0.1) is 10.1 Å². The summed E-state index contributed by atoms with van der Waals surface area (Å²) in [6, 6.07) is 6.97. The summed E-state index contributed by atoms with van der Waals surface area (Å²) in [6.07, 6.45) is 1.26. The molecule has 0 radical (unpaired) electrons. The topological polar surface area (TPSA) is 114 Å². The molecular weight excluding hydrogens is 312 g/mol. The average Bonchev–Trinajstić information content (AvgIpc) is 2.52. The van der Waals surface area contributed by atoms with Crippen LogP contribution in [-0.2, 0) is 0 Å². The van der Waals surface area contributed by atoms with Gasteiger partial charge in [-0.3, -0.25) is 15.5 Å². The monoisotopic (exact) mass is 332 g/mol. The summed E-state index contributed by atoms with van der Waals surface area (Å²) in [7, 11) is 1.57. The molecule has 128 valence electrons. The van der Waals surface area contributed by atoms with Crippen LogP contribution in [0.3, 0.4) is 0 Å². The second-order valence-electron chi connectivity index (χ2n) is 6.03. The highest BCUT2D eigenvalue weighted by Crippen LogP contribution is 2.31. The van der Waals surface area contributed by atoms with Crippen LogP contribution in [0.25, 0.3) is 0 Å². The van der Waals surface area contributed by atoms with E-state index in [4.69, 9.17) is 4.74 Å². The number of nitrogens with zero attached hydrogens (tertiary/aromatic N) is 3. The Morgan fingerprint density at radius 1 is 1.12 bits per heavy atom. The van der Waals surface area contributed by atoms with Gasteiger partial charge in [0, 0.05) is 11.2 Å². The molecule has 24 heavy (non-hydrogen) atoms. The normalized spacial score (nSPS) is 11.0. The number of ether oxygens (including phenoxy) is 1. The minimum absolute atomic E-state index is 0.0842. The van der Waals surface area contributed by atoms with E-state index in [1.165, 1.54) is 6.33 Å². The van der Waals surface area contributed by atoms with Gasteiger partial charge in [-0.05, 0) is 45.0 Å². The van der Waals surface area contributed by atoms with Crippen LogP contribution in [0.4, 0.5) is 23.0 Å². The molecule has 3 N–H and O–H groups in total. The summed E-state index contributed by atoms with van der Waals surface area (Å²) < 4.78 is 5.08. The van der Waals surface area contributed by atoms with Gasteiger partial charge in [-0.15, -0.1) is 0 Å². The molecule has 0 aliphatic heterocycles. The molecular formula is C15H20N6O3. The summed E-state index contributed by atoms with van der Waals surface area (Å²) in [4.78, 5) is 18.9. The Morgan fingerprint density at radius 3 is 2.29 bits per heavy atom. The van der Waals surface area contributed by atoms with E-state index in [-0.39, 0.29) is 22.9 Å². The molecule has 0 amide bonds. The van der Waals surface area contributed by atoms with E-state index in [1.54, 1.807) is 31.4 Å². The minimum Gasteiger partial charge on any atom is -0.497 e. The molecule has 9 nitrogen and oxygen atoms in total. The first-order valence-electron chi connectivity index (χ1n) is 7.24. The first-order valence-corrected chi connectivity index (χ1v) is 7.24. The fourth-order valence-electron chi connectivity index (χ4n) is 1.79. The number of aromatic nitrogens is 2. The number of benzene rings is 1. The quantitative estimate of drug-likeness (QED) is 0.546. The standard InChI is InChI=1S/C15H20N6O3/c1-15(2,3)20-19-14-12(21(22)23)13(16-9-17-14)18-10-5-7-11(24-4)8-6-10/h5-9,20H,1-4H3,(H2,16,17,18,19). The lowest BCUT2D eigenvalue weighted by Crippen LogP contribution is -2.40. The van der Waals surface area contributed by atoms with Crippen LogP contribution in [0.2, 0.25) is 0 Å². The predicted octanol–water partition coefficient (Wildman–Crippen LogP) is 2.85. The van der Waals surface area contributed by atoms with Crippen molar-refractivity contribution in [2.24, 2.45) is 0 Å². The summed E-state index contributed by atoms with van der Waals surface area (Å²) in [6.45, 7) is 5.76. The van der Waals surface area contributed by atoms with Gasteiger partial charge in [0.25, 0.3) is 0 Å². The van der Waals surface area contributed by atoms with Gasteiger partial charge in [-0.2, -0.15) is 0 Å². The fraction of sp³-hybridized carbons (Fsp3) is 0.333. The van der Waals surface area contributed by atoms with Crippen molar-refractivity contribution in [2.75, 3.05) is 17.9 Å². The van der Waals surface area contributed by atoms with Crippen molar-refractivity contribution in [1.29, 1.82) is 0 Å². The third-order valence-corrected chi connectivity index (χ3v) is 2.91. The Balaban J connectivity index is 2.29. The van der Waals surface area contributed by atoms with E-state index in [0.29, 0.717) is 11.4 Å². The fourth-order valence-corrected chi connectivity index (χ4v) is 1.79. The van der Waals surface area contributed by atoms with E-state index in [2.05, 4.69) is 26.1 Å². The van der Waals surface area contributed by atoms with Crippen molar-refractivity contribution in [1.82, 2.24) is 15.4 Å². The lowest BCUT2D eigenvalue weighted by Gasteiger charge is -2.21. The summed E-state index contributed by atoms with van der Waals surface area (Å²) >= 11 is 0. The average molecular weight is 332 g/mol. The second-order valence-corrected chi connectivity index (χ2v) is 6.03. The maximum atomic E-state index is 11.5. The zero-order valence-corrected chi connectivity index (χ0v) is 14.0. The maximum absolute atomic E-state index is 11.5. The number of anilines is 3. The molecule has 2 aromatic rings. The molecule has 0 fully saturated rings. The van der Waals surface area contributed by atoms with E-state index < -0.39 is 4.92 Å². The number of hydrogen-bond donors (Lipinski definition) is 3. The van der Waals surface area contributed by atoms with Gasteiger partial charge in [-0.25, -0.2) is 15.4 Å². The molecule has 1 aromatic heterocycles. The van der Waals surface area contributed by atoms with Gasteiger partial charge < -0.3 is 10.1 Å².